The molecule has 0 saturated carbocycles. The van der Waals surface area contributed by atoms with Crippen LogP contribution in [0.2, 0.25) is 0 Å². The van der Waals surface area contributed by atoms with Crippen molar-refractivity contribution >= 4 is 17.9 Å². The summed E-state index contributed by atoms with van der Waals surface area (Å²) in [7, 11) is 0. The van der Waals surface area contributed by atoms with Crippen molar-refractivity contribution in [1.82, 2.24) is 9.55 Å². The van der Waals surface area contributed by atoms with E-state index >= 15 is 0 Å². The van der Waals surface area contributed by atoms with Gasteiger partial charge in [-0.1, -0.05) is 0 Å². The molecule has 2 rings (SSSR count). The molecule has 1 aliphatic rings. The van der Waals surface area contributed by atoms with E-state index in [2.05, 4.69) is 21.3 Å². The lowest BCUT2D eigenvalue weighted by Crippen LogP contribution is -2.33. The molecule has 4 nitrogen and oxygen atoms in total. The molecule has 4 heteroatoms. The Hall–Kier alpha value is -1.67. The molecule has 0 saturated heterocycles. The number of fused-ring (bicyclic) bond motifs is 1. The standard InChI is InChI=1S/C9H10N4/c1-2-13-6-11-8-5-7(12-10)3-4-9(8)13/h4-6H,2-3H2,1H3. The van der Waals surface area contributed by atoms with Gasteiger partial charge in [-0.3, -0.25) is 0 Å². The average molecular weight is 174 g/mol. The Bertz CT molecular complexity index is 488. The third-order valence-corrected chi connectivity index (χ3v) is 2.19. The van der Waals surface area contributed by atoms with Gasteiger partial charge in [-0.15, -0.1) is 0 Å². The molecule has 0 N–H and O–H groups in total. The lowest BCUT2D eigenvalue weighted by atomic mass is 10.2. The first-order valence-corrected chi connectivity index (χ1v) is 4.29. The van der Waals surface area contributed by atoms with Crippen molar-refractivity contribution in [2.75, 3.05) is 0 Å². The summed E-state index contributed by atoms with van der Waals surface area (Å²) in [6.45, 7) is 2.99. The van der Waals surface area contributed by atoms with E-state index in [1.54, 1.807) is 6.33 Å². The highest BCUT2D eigenvalue weighted by molar-refractivity contribution is 6.09. The van der Waals surface area contributed by atoms with Crippen molar-refractivity contribution in [3.63, 3.8) is 0 Å². The van der Waals surface area contributed by atoms with Crippen molar-refractivity contribution < 1.29 is 4.79 Å². The number of rotatable bonds is 1. The Labute approximate surface area is 75.5 Å². The van der Waals surface area contributed by atoms with E-state index in [-0.39, 0.29) is 0 Å². The number of hydrogen-bond acceptors (Lipinski definition) is 1. The van der Waals surface area contributed by atoms with Crippen LogP contribution in [0.4, 0.5) is 0 Å². The first-order chi connectivity index (χ1) is 6.35. The molecule has 1 aromatic rings. The highest BCUT2D eigenvalue weighted by Crippen LogP contribution is 1.90. The van der Waals surface area contributed by atoms with E-state index in [9.17, 15) is 0 Å². The van der Waals surface area contributed by atoms with E-state index in [1.807, 2.05) is 12.2 Å². The quantitative estimate of drug-likeness (QED) is 0.420. The van der Waals surface area contributed by atoms with Crippen LogP contribution in [0.3, 0.4) is 0 Å². The molecule has 0 atom stereocenters. The molecule has 0 radical (unpaired) electrons. The summed E-state index contributed by atoms with van der Waals surface area (Å²) in [5.74, 6) is 0. The largest absolute Gasteiger partial charge is 0.361 e. The van der Waals surface area contributed by atoms with Crippen LogP contribution in [0.5, 0.6) is 0 Å². The van der Waals surface area contributed by atoms with Crippen molar-refractivity contribution in [2.45, 2.75) is 19.9 Å². The highest BCUT2D eigenvalue weighted by atomic mass is 15.0. The molecule has 0 fully saturated rings. The second kappa shape index (κ2) is 2.99. The summed E-state index contributed by atoms with van der Waals surface area (Å²) in [6, 6.07) is 0. The van der Waals surface area contributed by atoms with Crippen LogP contribution in [-0.4, -0.2) is 20.1 Å². The maximum absolute atomic E-state index is 8.58. The van der Waals surface area contributed by atoms with E-state index in [0.29, 0.717) is 12.1 Å². The zero-order valence-corrected chi connectivity index (χ0v) is 7.44. The van der Waals surface area contributed by atoms with E-state index in [1.165, 1.54) is 0 Å². The number of imidazole rings is 1. The second-order valence-corrected chi connectivity index (χ2v) is 2.94. The fourth-order valence-corrected chi connectivity index (χ4v) is 1.48. The van der Waals surface area contributed by atoms with Crippen LogP contribution in [-0.2, 0) is 6.54 Å². The molecule has 0 spiro atoms. The summed E-state index contributed by atoms with van der Waals surface area (Å²) in [6.07, 6.45) is 6.32. The van der Waals surface area contributed by atoms with Gasteiger partial charge >= 0.3 is 0 Å². The maximum Gasteiger partial charge on any atom is 0.298 e. The molecule has 66 valence electrons. The summed E-state index contributed by atoms with van der Waals surface area (Å²) in [5, 5.41) is 2.01. The van der Waals surface area contributed by atoms with Gasteiger partial charge < -0.3 is 10.1 Å². The molecule has 0 aliphatic heterocycles. The van der Waals surface area contributed by atoms with Crippen molar-refractivity contribution in [3.8, 4) is 0 Å². The van der Waals surface area contributed by atoms with Crippen molar-refractivity contribution in [2.24, 2.45) is 0 Å². The van der Waals surface area contributed by atoms with Crippen molar-refractivity contribution in [3.05, 3.63) is 22.6 Å². The van der Waals surface area contributed by atoms with E-state index < -0.39 is 0 Å². The fourth-order valence-electron chi connectivity index (χ4n) is 1.48. The Morgan fingerprint density at radius 2 is 2.54 bits per heavy atom. The predicted octanol–water partition coefficient (Wildman–Crippen LogP) is -0.461. The molecule has 1 aliphatic carbocycles. The van der Waals surface area contributed by atoms with Gasteiger partial charge in [0.2, 0.25) is 0 Å². The fraction of sp³-hybridized carbons (Fsp3) is 0.333. The minimum atomic E-state index is 0.661. The molecule has 0 amide bonds. The molecule has 13 heavy (non-hydrogen) atoms. The normalized spacial score (nSPS) is 14.1. The monoisotopic (exact) mass is 174 g/mol. The zero-order valence-electron chi connectivity index (χ0n) is 7.44. The summed E-state index contributed by atoms with van der Waals surface area (Å²) in [5.41, 5.74) is 9.24. The van der Waals surface area contributed by atoms with Gasteiger partial charge in [0.1, 0.15) is 0 Å². The number of aromatic nitrogens is 2. The Balaban J connectivity index is 2.72. The van der Waals surface area contributed by atoms with Gasteiger partial charge in [-0.05, 0) is 13.0 Å². The Morgan fingerprint density at radius 3 is 3.23 bits per heavy atom. The minimum Gasteiger partial charge on any atom is -0.361 e. The Morgan fingerprint density at radius 1 is 1.69 bits per heavy atom. The summed E-state index contributed by atoms with van der Waals surface area (Å²) in [4.78, 5) is 7.37. The first kappa shape index (κ1) is 7.95. The smallest absolute Gasteiger partial charge is 0.298 e. The van der Waals surface area contributed by atoms with E-state index in [0.717, 1.165) is 17.2 Å². The number of aryl methyl sites for hydroxylation is 1. The third kappa shape index (κ3) is 1.21. The SMILES string of the molecule is CCn1cnc2c1=CCC(=[N+]=[N-])C=2. The van der Waals surface area contributed by atoms with Gasteiger partial charge in [-0.25, -0.2) is 4.98 Å². The molecule has 1 heterocycles. The van der Waals surface area contributed by atoms with Crippen molar-refractivity contribution in [1.29, 1.82) is 0 Å². The van der Waals surface area contributed by atoms with Crippen LogP contribution in [0, 0.1) is 0 Å². The average Bonchev–Trinajstić information content (AvgIpc) is 2.59. The molecule has 0 unspecified atom stereocenters. The van der Waals surface area contributed by atoms with Crippen LogP contribution in [0.15, 0.2) is 6.33 Å². The lowest BCUT2D eigenvalue weighted by Gasteiger charge is -1.96. The molecular formula is C9H10N4. The molecule has 0 bridgehead atoms. The van der Waals surface area contributed by atoms with Gasteiger partial charge in [-0.2, -0.15) is 4.79 Å². The van der Waals surface area contributed by atoms with E-state index in [4.69, 9.17) is 5.53 Å². The predicted molar refractivity (Wildman–Crippen MR) is 49.3 cm³/mol. The third-order valence-electron chi connectivity index (χ3n) is 2.19. The topological polar surface area (TPSA) is 54.2 Å². The number of nitrogens with zero attached hydrogens (tertiary/aromatic N) is 4. The van der Waals surface area contributed by atoms with Crippen LogP contribution < -0.4 is 10.7 Å². The van der Waals surface area contributed by atoms with Gasteiger partial charge in [0.25, 0.3) is 5.71 Å². The highest BCUT2D eigenvalue weighted by Gasteiger charge is 2.09. The zero-order chi connectivity index (χ0) is 9.26. The van der Waals surface area contributed by atoms with Gasteiger partial charge in [0.05, 0.1) is 29.5 Å². The Kier molecular flexibility index (Phi) is 1.83. The summed E-state index contributed by atoms with van der Waals surface area (Å²) >= 11 is 0. The maximum atomic E-state index is 8.58. The lowest BCUT2D eigenvalue weighted by molar-refractivity contribution is -0.00373. The number of hydrogen-bond donors (Lipinski definition) is 0. The summed E-state index contributed by atoms with van der Waals surface area (Å²) < 4.78 is 2.07. The van der Waals surface area contributed by atoms with Gasteiger partial charge in [0, 0.05) is 6.54 Å². The van der Waals surface area contributed by atoms with Crippen LogP contribution >= 0.6 is 0 Å². The van der Waals surface area contributed by atoms with Gasteiger partial charge in [0.15, 0.2) is 0 Å². The molecule has 0 aromatic carbocycles. The van der Waals surface area contributed by atoms with Crippen LogP contribution in [0.1, 0.15) is 13.3 Å². The minimum absolute atomic E-state index is 0.661. The molecular weight excluding hydrogens is 164 g/mol. The second-order valence-electron chi connectivity index (χ2n) is 2.94. The molecule has 1 aromatic heterocycles. The first-order valence-electron chi connectivity index (χ1n) is 4.29. The van der Waals surface area contributed by atoms with Crippen LogP contribution in [0.25, 0.3) is 17.7 Å².